The first kappa shape index (κ1) is 86.3. The van der Waals surface area contributed by atoms with Crippen LogP contribution in [-0.4, -0.2) is 47.4 Å². The van der Waals surface area contributed by atoms with Crippen molar-refractivity contribution in [1.29, 1.82) is 0 Å². The monoisotopic (exact) mass is 1240 g/mol. The largest absolute Gasteiger partial charge is 0.466 e. The molecule has 0 aromatic heterocycles. The molecule has 0 bridgehead atoms. The Morgan fingerprint density at radius 2 is 0.534 bits per heavy atom. The molecule has 6 heteroatoms. The van der Waals surface area contributed by atoms with E-state index in [1.54, 1.807) is 6.08 Å². The minimum absolute atomic E-state index is 0.0161. The molecular formula is C82H159NO5. The van der Waals surface area contributed by atoms with Crippen LogP contribution in [0.1, 0.15) is 463 Å². The zero-order valence-electron chi connectivity index (χ0n) is 60.0. The molecule has 522 valence electrons. The molecule has 0 saturated carbocycles. The Kier molecular flexibility index (Phi) is 76.3. The van der Waals surface area contributed by atoms with Gasteiger partial charge in [-0.1, -0.05) is 417 Å². The van der Waals surface area contributed by atoms with E-state index in [4.69, 9.17) is 4.74 Å². The molecule has 3 N–H and O–H groups in total. The first-order chi connectivity index (χ1) is 43.5. The summed E-state index contributed by atoms with van der Waals surface area (Å²) in [5, 5.41) is 23.3. The predicted molar refractivity (Wildman–Crippen MR) is 389 cm³/mol. The van der Waals surface area contributed by atoms with Gasteiger partial charge in [-0.2, -0.15) is 0 Å². The quantitative estimate of drug-likeness (QED) is 0.0320. The number of esters is 1. The van der Waals surface area contributed by atoms with Gasteiger partial charge in [0.2, 0.25) is 5.91 Å². The lowest BCUT2D eigenvalue weighted by Crippen LogP contribution is -2.45. The van der Waals surface area contributed by atoms with Crippen LogP contribution in [0.25, 0.3) is 0 Å². The van der Waals surface area contributed by atoms with E-state index >= 15 is 0 Å². The lowest BCUT2D eigenvalue weighted by Gasteiger charge is -2.20. The summed E-state index contributed by atoms with van der Waals surface area (Å²) in [4.78, 5) is 24.6. The first-order valence-electron chi connectivity index (χ1n) is 40.6. The van der Waals surface area contributed by atoms with Crippen LogP contribution >= 0.6 is 0 Å². The molecule has 88 heavy (non-hydrogen) atoms. The Bertz CT molecular complexity index is 1380. The molecule has 6 nitrogen and oxygen atoms in total. The molecule has 0 aromatic rings. The maximum absolute atomic E-state index is 12.5. The highest BCUT2D eigenvalue weighted by Crippen LogP contribution is 2.20. The van der Waals surface area contributed by atoms with Crippen molar-refractivity contribution in [2.75, 3.05) is 13.2 Å². The topological polar surface area (TPSA) is 95.9 Å². The molecule has 0 heterocycles. The molecule has 0 spiro atoms. The Morgan fingerprint density at radius 3 is 0.807 bits per heavy atom. The van der Waals surface area contributed by atoms with Gasteiger partial charge in [0.15, 0.2) is 0 Å². The number of ether oxygens (including phenoxy) is 1. The molecule has 0 radical (unpaired) electrons. The van der Waals surface area contributed by atoms with Crippen LogP contribution < -0.4 is 5.32 Å². The number of aliphatic hydroxyl groups is 2. The number of nitrogens with one attached hydrogen (secondary N) is 1. The molecule has 1 amide bonds. The van der Waals surface area contributed by atoms with Crippen LogP contribution in [0.5, 0.6) is 0 Å². The fourth-order valence-electron chi connectivity index (χ4n) is 13.0. The van der Waals surface area contributed by atoms with E-state index in [0.29, 0.717) is 19.4 Å². The van der Waals surface area contributed by atoms with Gasteiger partial charge in [-0.15, -0.1) is 0 Å². The van der Waals surface area contributed by atoms with Crippen LogP contribution in [0.3, 0.4) is 0 Å². The first-order valence-corrected chi connectivity index (χ1v) is 40.6. The summed E-state index contributed by atoms with van der Waals surface area (Å²) >= 11 is 0. The molecule has 0 aromatic carbocycles. The van der Waals surface area contributed by atoms with Crippen LogP contribution in [0, 0.1) is 0 Å². The highest BCUT2D eigenvalue weighted by atomic mass is 16.5. The van der Waals surface area contributed by atoms with Gasteiger partial charge in [-0.25, -0.2) is 0 Å². The zero-order chi connectivity index (χ0) is 63.5. The van der Waals surface area contributed by atoms with E-state index in [2.05, 4.69) is 31.3 Å². The van der Waals surface area contributed by atoms with Gasteiger partial charge < -0.3 is 20.3 Å². The van der Waals surface area contributed by atoms with E-state index in [1.807, 2.05) is 6.08 Å². The number of unbranched alkanes of at least 4 members (excludes halogenated alkanes) is 64. The summed E-state index contributed by atoms with van der Waals surface area (Å²) in [5.41, 5.74) is 0. The summed E-state index contributed by atoms with van der Waals surface area (Å²) < 4.78 is 5.50. The van der Waals surface area contributed by atoms with Gasteiger partial charge in [0, 0.05) is 12.8 Å². The van der Waals surface area contributed by atoms with Gasteiger partial charge in [-0.3, -0.25) is 9.59 Å². The van der Waals surface area contributed by atoms with Crippen molar-refractivity contribution in [2.24, 2.45) is 0 Å². The highest BCUT2D eigenvalue weighted by molar-refractivity contribution is 5.76. The highest BCUT2D eigenvalue weighted by Gasteiger charge is 2.18. The van der Waals surface area contributed by atoms with Crippen molar-refractivity contribution >= 4 is 11.9 Å². The third-order valence-corrected chi connectivity index (χ3v) is 19.2. The van der Waals surface area contributed by atoms with E-state index in [9.17, 15) is 19.8 Å². The van der Waals surface area contributed by atoms with E-state index in [0.717, 1.165) is 44.9 Å². The van der Waals surface area contributed by atoms with Crippen molar-refractivity contribution in [1.82, 2.24) is 5.32 Å². The standard InChI is InChI=1S/C82H159NO5/c1-3-5-7-9-11-13-15-17-19-20-44-47-50-54-58-62-66-70-74-80(85)79(78-84)83-81(86)75-71-67-63-59-55-51-48-45-42-40-38-36-34-32-30-28-26-24-22-21-23-25-27-29-31-33-35-37-39-41-43-46-49-53-57-61-65-69-73-77-88-82(87)76-72-68-64-60-56-52-18-16-14-12-10-8-6-4-2/h16,18,70,74,79-80,84-85H,3-15,17,19-69,71-73,75-78H2,1-2H3,(H,83,86)/b18-16-,74-70+. The average molecular weight is 1240 g/mol. The third-order valence-electron chi connectivity index (χ3n) is 19.2. The van der Waals surface area contributed by atoms with E-state index in [1.165, 1.54) is 392 Å². The number of rotatable bonds is 77. The summed E-state index contributed by atoms with van der Waals surface area (Å²) in [6.07, 6.45) is 100. The van der Waals surface area contributed by atoms with Crippen LogP contribution in [-0.2, 0) is 14.3 Å². The fraction of sp³-hybridized carbons (Fsp3) is 0.927. The molecule has 0 fully saturated rings. The normalized spacial score (nSPS) is 12.5. The maximum atomic E-state index is 12.5. The molecule has 0 aliphatic rings. The number of carbonyl (C=O) groups is 2. The molecular weight excluding hydrogens is 1080 g/mol. The predicted octanol–water partition coefficient (Wildman–Crippen LogP) is 26.8. The second-order valence-corrected chi connectivity index (χ2v) is 28.1. The average Bonchev–Trinajstić information content (AvgIpc) is 3.58. The lowest BCUT2D eigenvalue weighted by atomic mass is 10.0. The minimum Gasteiger partial charge on any atom is -0.466 e. The van der Waals surface area contributed by atoms with Crippen LogP contribution in [0.2, 0.25) is 0 Å². The fourth-order valence-corrected chi connectivity index (χ4v) is 13.0. The summed E-state index contributed by atoms with van der Waals surface area (Å²) in [7, 11) is 0. The van der Waals surface area contributed by atoms with Crippen molar-refractivity contribution in [2.45, 2.75) is 475 Å². The van der Waals surface area contributed by atoms with Crippen LogP contribution in [0.4, 0.5) is 0 Å². The SMILES string of the molecule is CCCCCCC/C=C\CCCCCCCC(=O)OCCCCCCCCCCCCCCCCCCCCCCCCCCCCCCCCCCCCCCCCCC(=O)NC(CO)C(O)/C=C/CCCCCCCCCCCCCCCCCC. The third kappa shape index (κ3) is 73.4. The Labute approximate surface area is 551 Å². The van der Waals surface area contributed by atoms with Gasteiger partial charge >= 0.3 is 5.97 Å². The smallest absolute Gasteiger partial charge is 0.305 e. The second kappa shape index (κ2) is 77.8. The molecule has 0 saturated heterocycles. The van der Waals surface area contributed by atoms with Crippen molar-refractivity contribution in [3.8, 4) is 0 Å². The maximum Gasteiger partial charge on any atom is 0.305 e. The van der Waals surface area contributed by atoms with Crippen molar-refractivity contribution < 1.29 is 24.5 Å². The number of amides is 1. The molecule has 0 aliphatic carbocycles. The van der Waals surface area contributed by atoms with E-state index < -0.39 is 12.1 Å². The zero-order valence-corrected chi connectivity index (χ0v) is 60.0. The minimum atomic E-state index is -0.840. The number of hydrogen-bond acceptors (Lipinski definition) is 5. The number of hydrogen-bond donors (Lipinski definition) is 3. The van der Waals surface area contributed by atoms with Crippen LogP contribution in [0.15, 0.2) is 24.3 Å². The number of allylic oxidation sites excluding steroid dienone is 3. The molecule has 0 aliphatic heterocycles. The molecule has 2 unspecified atom stereocenters. The van der Waals surface area contributed by atoms with Crippen molar-refractivity contribution in [3.05, 3.63) is 24.3 Å². The summed E-state index contributed by atoms with van der Waals surface area (Å²) in [6.45, 7) is 4.94. The van der Waals surface area contributed by atoms with Gasteiger partial charge in [0.1, 0.15) is 0 Å². The van der Waals surface area contributed by atoms with Gasteiger partial charge in [0.05, 0.1) is 25.4 Å². The lowest BCUT2D eigenvalue weighted by molar-refractivity contribution is -0.143. The second-order valence-electron chi connectivity index (χ2n) is 28.1. The molecule has 0 rings (SSSR count). The van der Waals surface area contributed by atoms with Gasteiger partial charge in [-0.05, 0) is 57.8 Å². The number of aliphatic hydroxyl groups excluding tert-OH is 2. The molecule has 2 atom stereocenters. The Hall–Kier alpha value is -1.66. The Balaban J connectivity index is 3.31. The summed E-state index contributed by atoms with van der Waals surface area (Å²) in [6, 6.07) is -0.623. The summed E-state index contributed by atoms with van der Waals surface area (Å²) in [5.74, 6) is -0.0415. The Morgan fingerprint density at radius 1 is 0.307 bits per heavy atom. The van der Waals surface area contributed by atoms with Crippen molar-refractivity contribution in [3.63, 3.8) is 0 Å². The number of carbonyl (C=O) groups excluding carboxylic acids is 2. The van der Waals surface area contributed by atoms with E-state index in [-0.39, 0.29) is 18.5 Å². The van der Waals surface area contributed by atoms with Gasteiger partial charge in [0.25, 0.3) is 0 Å².